The van der Waals surface area contributed by atoms with Crippen LogP contribution in [0.4, 0.5) is 0 Å². The van der Waals surface area contributed by atoms with Gasteiger partial charge in [-0.15, -0.1) is 0 Å². The van der Waals surface area contributed by atoms with E-state index in [4.69, 9.17) is 4.74 Å². The fraction of sp³-hybridized carbons (Fsp3) is 0.933. The molecule has 218 valence electrons. The highest BCUT2D eigenvalue weighted by molar-refractivity contribution is 7.89. The minimum atomic E-state index is -3.54. The van der Waals surface area contributed by atoms with Crippen molar-refractivity contribution >= 4 is 21.9 Å². The first kappa shape index (κ1) is 29.8. The summed E-state index contributed by atoms with van der Waals surface area (Å²) in [7, 11) is -3.54. The number of carbonyl (C=O) groups excluding carboxylic acids is 2. The number of hydrogen-bond donors (Lipinski definition) is 2. The molecular formula is C30H51NO6S. The topological polar surface area (TPSA) is 110 Å². The molecule has 1 amide bonds. The third kappa shape index (κ3) is 5.55. The maximum Gasteiger partial charge on any atom is 0.308 e. The van der Waals surface area contributed by atoms with E-state index in [-0.39, 0.29) is 47.3 Å². The van der Waals surface area contributed by atoms with E-state index in [0.29, 0.717) is 36.0 Å². The van der Waals surface area contributed by atoms with Crippen molar-refractivity contribution in [3.8, 4) is 0 Å². The number of esters is 1. The number of amides is 1. The Morgan fingerprint density at radius 3 is 2.42 bits per heavy atom. The Morgan fingerprint density at radius 2 is 1.76 bits per heavy atom. The Kier molecular flexibility index (Phi) is 8.65. The molecule has 0 radical (unpaired) electrons. The van der Waals surface area contributed by atoms with Gasteiger partial charge in [0.2, 0.25) is 15.9 Å². The lowest BCUT2D eigenvalue weighted by Crippen LogP contribution is -2.59. The standard InChI is InChI=1S/C30H51NO6S/c1-7-18(2)28(34)37-21-14-15-29(4)20(16-21)9-10-22-24-12-11-23(30(24,5)26(32)17-25(22)29)19(3)8-13-27(33)31-38(6,35)36/h18-26,32H,7-17H2,1-6H3,(H,31,33)/t18?,19?,20?,21?,22?,23?,24?,25?,26?,29-,30+/m0/s1. The van der Waals surface area contributed by atoms with Crippen molar-refractivity contribution in [1.82, 2.24) is 4.72 Å². The van der Waals surface area contributed by atoms with Crippen molar-refractivity contribution in [3.05, 3.63) is 0 Å². The molecule has 0 spiro atoms. The first-order valence-corrected chi connectivity index (χ1v) is 17.0. The van der Waals surface area contributed by atoms with Gasteiger partial charge < -0.3 is 9.84 Å². The third-order valence-corrected chi connectivity index (χ3v) is 12.5. The van der Waals surface area contributed by atoms with E-state index in [2.05, 4.69) is 25.5 Å². The van der Waals surface area contributed by atoms with Crippen LogP contribution in [0, 0.1) is 52.3 Å². The van der Waals surface area contributed by atoms with Gasteiger partial charge in [-0.25, -0.2) is 8.42 Å². The molecule has 0 aromatic carbocycles. The average molecular weight is 554 g/mol. The Labute approximate surface area is 230 Å². The Hall–Kier alpha value is -1.15. The van der Waals surface area contributed by atoms with Crippen molar-refractivity contribution in [2.45, 2.75) is 117 Å². The van der Waals surface area contributed by atoms with E-state index in [9.17, 15) is 23.1 Å². The molecule has 7 nitrogen and oxygen atoms in total. The van der Waals surface area contributed by atoms with Gasteiger partial charge in [0.05, 0.1) is 18.3 Å². The second kappa shape index (κ2) is 11.0. The number of nitrogens with one attached hydrogen (secondary N) is 1. The van der Waals surface area contributed by atoms with Gasteiger partial charge in [0.15, 0.2) is 0 Å². The number of aliphatic hydroxyl groups is 1. The zero-order valence-corrected chi connectivity index (χ0v) is 25.2. The summed E-state index contributed by atoms with van der Waals surface area (Å²) in [4.78, 5) is 24.6. The first-order valence-electron chi connectivity index (χ1n) is 15.1. The summed E-state index contributed by atoms with van der Waals surface area (Å²) >= 11 is 0. The SMILES string of the molecule is CCC(C)C(=O)OC1CC[C@@]2(C)C(CCC3C2CC(O)[C@]2(C)C(C(C)CCC(=O)NS(C)(=O)=O)CCC32)C1. The Balaban J connectivity index is 1.43. The van der Waals surface area contributed by atoms with Gasteiger partial charge in [0.1, 0.15) is 6.10 Å². The lowest BCUT2D eigenvalue weighted by Gasteiger charge is -2.62. The van der Waals surface area contributed by atoms with E-state index in [0.717, 1.165) is 51.2 Å². The summed E-state index contributed by atoms with van der Waals surface area (Å²) in [5.41, 5.74) is 0.0120. The Bertz CT molecular complexity index is 999. The predicted octanol–water partition coefficient (Wildman–Crippen LogP) is 5.07. The third-order valence-electron chi connectivity index (χ3n) is 11.9. The summed E-state index contributed by atoms with van der Waals surface area (Å²) in [6, 6.07) is 0. The summed E-state index contributed by atoms with van der Waals surface area (Å²) < 4.78 is 30.8. The van der Waals surface area contributed by atoms with Crippen LogP contribution in [0.25, 0.3) is 0 Å². The monoisotopic (exact) mass is 553 g/mol. The van der Waals surface area contributed by atoms with Gasteiger partial charge in [-0.3, -0.25) is 14.3 Å². The maximum absolute atomic E-state index is 12.4. The van der Waals surface area contributed by atoms with Gasteiger partial charge in [0.25, 0.3) is 0 Å². The van der Waals surface area contributed by atoms with Crippen LogP contribution in [0.2, 0.25) is 0 Å². The van der Waals surface area contributed by atoms with Gasteiger partial charge in [-0.05, 0) is 111 Å². The summed E-state index contributed by atoms with van der Waals surface area (Å²) in [6.07, 6.45) is 10.6. The highest BCUT2D eigenvalue weighted by Gasteiger charge is 2.63. The lowest BCUT2D eigenvalue weighted by molar-refractivity contribution is -0.183. The van der Waals surface area contributed by atoms with Crippen molar-refractivity contribution < 1.29 is 27.9 Å². The maximum atomic E-state index is 12.4. The number of ether oxygens (including phenoxy) is 1. The van der Waals surface area contributed by atoms with Gasteiger partial charge in [-0.1, -0.05) is 34.6 Å². The van der Waals surface area contributed by atoms with E-state index < -0.39 is 15.9 Å². The van der Waals surface area contributed by atoms with E-state index in [1.54, 1.807) is 0 Å². The van der Waals surface area contributed by atoms with Gasteiger partial charge in [0, 0.05) is 6.42 Å². The Morgan fingerprint density at radius 1 is 1.05 bits per heavy atom. The molecular weight excluding hydrogens is 502 g/mol. The van der Waals surface area contributed by atoms with Crippen LogP contribution in [0.3, 0.4) is 0 Å². The number of hydrogen-bond acceptors (Lipinski definition) is 6. The molecule has 0 bridgehead atoms. The number of aliphatic hydroxyl groups excluding tert-OH is 1. The van der Waals surface area contributed by atoms with Gasteiger partial charge in [-0.2, -0.15) is 0 Å². The van der Waals surface area contributed by atoms with Crippen molar-refractivity contribution in [2.24, 2.45) is 52.3 Å². The molecule has 4 saturated carbocycles. The number of sulfonamides is 1. The molecule has 2 N–H and O–H groups in total. The van der Waals surface area contributed by atoms with Crippen LogP contribution in [0.15, 0.2) is 0 Å². The minimum absolute atomic E-state index is 0.0292. The largest absolute Gasteiger partial charge is 0.462 e. The second-order valence-electron chi connectivity index (χ2n) is 13.9. The molecule has 4 aliphatic rings. The molecule has 0 aliphatic heterocycles. The molecule has 4 rings (SSSR count). The highest BCUT2D eigenvalue weighted by Crippen LogP contribution is 2.68. The first-order chi connectivity index (χ1) is 17.7. The van der Waals surface area contributed by atoms with Crippen LogP contribution in [-0.4, -0.2) is 43.9 Å². The van der Waals surface area contributed by atoms with Crippen molar-refractivity contribution in [1.29, 1.82) is 0 Å². The zero-order valence-electron chi connectivity index (χ0n) is 24.4. The molecule has 4 fully saturated rings. The number of rotatable bonds is 8. The van der Waals surface area contributed by atoms with Crippen LogP contribution in [0.1, 0.15) is 105 Å². The predicted molar refractivity (Wildman–Crippen MR) is 147 cm³/mol. The normalized spacial score (nSPS) is 42.2. The van der Waals surface area contributed by atoms with Crippen molar-refractivity contribution in [2.75, 3.05) is 6.26 Å². The average Bonchev–Trinajstić information content (AvgIpc) is 3.20. The smallest absolute Gasteiger partial charge is 0.308 e. The number of fused-ring (bicyclic) bond motifs is 5. The summed E-state index contributed by atoms with van der Waals surface area (Å²) in [6.45, 7) is 10.9. The van der Waals surface area contributed by atoms with Gasteiger partial charge >= 0.3 is 5.97 Å². The fourth-order valence-corrected chi connectivity index (χ4v) is 10.0. The van der Waals surface area contributed by atoms with Crippen LogP contribution in [0.5, 0.6) is 0 Å². The second-order valence-corrected chi connectivity index (χ2v) is 15.7. The molecule has 38 heavy (non-hydrogen) atoms. The molecule has 0 heterocycles. The minimum Gasteiger partial charge on any atom is -0.462 e. The summed E-state index contributed by atoms with van der Waals surface area (Å²) in [5.74, 6) is 2.14. The van der Waals surface area contributed by atoms with Crippen LogP contribution >= 0.6 is 0 Å². The lowest BCUT2D eigenvalue weighted by atomic mass is 9.43. The molecule has 0 aromatic heterocycles. The molecule has 11 atom stereocenters. The quantitative estimate of drug-likeness (QED) is 0.406. The van der Waals surface area contributed by atoms with E-state index in [1.165, 1.54) is 12.8 Å². The summed E-state index contributed by atoms with van der Waals surface area (Å²) in [5, 5.41) is 11.8. The molecule has 0 saturated heterocycles. The molecule has 4 aliphatic carbocycles. The van der Waals surface area contributed by atoms with Crippen molar-refractivity contribution in [3.63, 3.8) is 0 Å². The number of carbonyl (C=O) groups is 2. The van der Waals surface area contributed by atoms with E-state index >= 15 is 0 Å². The van der Waals surface area contributed by atoms with Crippen LogP contribution in [-0.2, 0) is 24.3 Å². The fourth-order valence-electron chi connectivity index (χ4n) is 9.52. The molecule has 8 heteroatoms. The molecule has 9 unspecified atom stereocenters. The highest BCUT2D eigenvalue weighted by atomic mass is 32.2. The van der Waals surface area contributed by atoms with Crippen LogP contribution < -0.4 is 4.72 Å². The molecule has 0 aromatic rings. The van der Waals surface area contributed by atoms with E-state index in [1.807, 2.05) is 13.8 Å². The zero-order chi connectivity index (χ0) is 28.0.